The summed E-state index contributed by atoms with van der Waals surface area (Å²) in [4.78, 5) is 1.22. The first-order chi connectivity index (χ1) is 10.2. The molecule has 0 fully saturated rings. The molecule has 3 aromatic rings. The van der Waals surface area contributed by atoms with E-state index in [2.05, 4.69) is 74.1 Å². The monoisotopic (exact) mass is 361 g/mol. The number of nitrogens with zero attached hydrogens (tertiary/aromatic N) is 1. The zero-order chi connectivity index (χ0) is 14.7. The molecular weight excluding hydrogens is 346 g/mol. The van der Waals surface area contributed by atoms with Crippen LogP contribution in [0.2, 0.25) is 0 Å². The van der Waals surface area contributed by atoms with Gasteiger partial charge in [0.25, 0.3) is 0 Å². The van der Waals surface area contributed by atoms with Gasteiger partial charge in [0.2, 0.25) is 0 Å². The summed E-state index contributed by atoms with van der Waals surface area (Å²) >= 11 is 5.24. The first-order valence-corrected chi connectivity index (χ1v) is 8.46. The molecule has 1 atom stereocenters. The lowest BCUT2D eigenvalue weighted by Crippen LogP contribution is -2.18. The number of thiophene rings is 1. The van der Waals surface area contributed by atoms with E-state index in [-0.39, 0.29) is 6.04 Å². The predicted molar refractivity (Wildman–Crippen MR) is 91.3 cm³/mol. The van der Waals surface area contributed by atoms with Gasteiger partial charge >= 0.3 is 0 Å². The summed E-state index contributed by atoms with van der Waals surface area (Å²) in [6, 6.07) is 12.8. The Morgan fingerprint density at radius 1 is 1.33 bits per heavy atom. The Morgan fingerprint density at radius 3 is 3.00 bits per heavy atom. The SMILES string of the molecule is C[C@H](NCc1cn[nH]c1-c1cccs1)c1cccc(Br)c1. The summed E-state index contributed by atoms with van der Waals surface area (Å²) in [7, 11) is 0. The Labute approximate surface area is 136 Å². The van der Waals surface area contributed by atoms with Gasteiger partial charge in [0.1, 0.15) is 0 Å². The fourth-order valence-corrected chi connectivity index (χ4v) is 3.41. The molecule has 1 aromatic carbocycles. The Bertz CT molecular complexity index is 706. The molecule has 2 aromatic heterocycles. The molecule has 2 N–H and O–H groups in total. The number of hydrogen-bond donors (Lipinski definition) is 2. The van der Waals surface area contributed by atoms with Crippen LogP contribution in [-0.2, 0) is 6.54 Å². The van der Waals surface area contributed by atoms with Crippen LogP contribution >= 0.6 is 27.3 Å². The van der Waals surface area contributed by atoms with Gasteiger partial charge in [-0.25, -0.2) is 0 Å². The highest BCUT2D eigenvalue weighted by Crippen LogP contribution is 2.26. The van der Waals surface area contributed by atoms with E-state index >= 15 is 0 Å². The Kier molecular flexibility index (Phi) is 4.53. The minimum absolute atomic E-state index is 0.286. The molecule has 108 valence electrons. The highest BCUT2D eigenvalue weighted by atomic mass is 79.9. The summed E-state index contributed by atoms with van der Waals surface area (Å²) in [6.07, 6.45) is 1.90. The predicted octanol–water partition coefficient (Wildman–Crippen LogP) is 4.75. The third kappa shape index (κ3) is 3.43. The van der Waals surface area contributed by atoms with Crippen molar-refractivity contribution in [3.8, 4) is 10.6 Å². The maximum Gasteiger partial charge on any atom is 0.0794 e. The fourth-order valence-electron chi connectivity index (χ4n) is 2.24. The number of rotatable bonds is 5. The number of aromatic amines is 1. The minimum atomic E-state index is 0.286. The van der Waals surface area contributed by atoms with Crippen molar-refractivity contribution in [2.75, 3.05) is 0 Å². The average Bonchev–Trinajstić information content (AvgIpc) is 3.15. The first-order valence-electron chi connectivity index (χ1n) is 6.79. The van der Waals surface area contributed by atoms with Gasteiger partial charge in [-0.05, 0) is 36.1 Å². The number of nitrogens with one attached hydrogen (secondary N) is 2. The van der Waals surface area contributed by atoms with Crippen LogP contribution in [0.1, 0.15) is 24.1 Å². The molecule has 0 saturated carbocycles. The molecule has 0 radical (unpaired) electrons. The third-order valence-corrected chi connectivity index (χ3v) is 4.81. The summed E-state index contributed by atoms with van der Waals surface area (Å²) in [5.41, 5.74) is 3.57. The van der Waals surface area contributed by atoms with Gasteiger partial charge in [-0.1, -0.05) is 34.1 Å². The van der Waals surface area contributed by atoms with E-state index in [1.807, 2.05) is 12.3 Å². The summed E-state index contributed by atoms with van der Waals surface area (Å²) in [5.74, 6) is 0. The molecule has 21 heavy (non-hydrogen) atoms. The van der Waals surface area contributed by atoms with Gasteiger partial charge in [-0.2, -0.15) is 5.10 Å². The number of aromatic nitrogens is 2. The fraction of sp³-hybridized carbons (Fsp3) is 0.188. The zero-order valence-corrected chi connectivity index (χ0v) is 14.0. The van der Waals surface area contributed by atoms with Gasteiger partial charge in [0, 0.05) is 22.6 Å². The smallest absolute Gasteiger partial charge is 0.0794 e. The maximum atomic E-state index is 4.18. The van der Waals surface area contributed by atoms with Crippen molar-refractivity contribution in [1.29, 1.82) is 0 Å². The van der Waals surface area contributed by atoms with E-state index in [9.17, 15) is 0 Å². The van der Waals surface area contributed by atoms with Crippen molar-refractivity contribution >= 4 is 27.3 Å². The largest absolute Gasteiger partial charge is 0.306 e. The summed E-state index contributed by atoms with van der Waals surface area (Å²) in [5, 5.41) is 12.9. The number of halogens is 1. The van der Waals surface area contributed by atoms with Crippen LogP contribution in [-0.4, -0.2) is 10.2 Å². The molecule has 0 amide bonds. The number of benzene rings is 1. The molecule has 0 aliphatic carbocycles. The molecule has 0 aliphatic heterocycles. The van der Waals surface area contributed by atoms with Crippen molar-refractivity contribution in [1.82, 2.24) is 15.5 Å². The van der Waals surface area contributed by atoms with E-state index in [1.165, 1.54) is 16.0 Å². The average molecular weight is 362 g/mol. The molecule has 0 aliphatic rings. The highest BCUT2D eigenvalue weighted by Gasteiger charge is 2.11. The quantitative estimate of drug-likeness (QED) is 0.688. The molecular formula is C16H16BrN3S. The Hall–Kier alpha value is -1.43. The number of H-pyrrole nitrogens is 1. The van der Waals surface area contributed by atoms with Gasteiger partial charge in [0.15, 0.2) is 0 Å². The standard InChI is InChI=1S/C16H16BrN3S/c1-11(12-4-2-5-14(17)8-12)18-9-13-10-19-20-16(13)15-6-3-7-21-15/h2-8,10-11,18H,9H2,1H3,(H,19,20)/t11-/m0/s1. The van der Waals surface area contributed by atoms with Crippen molar-refractivity contribution < 1.29 is 0 Å². The van der Waals surface area contributed by atoms with Crippen LogP contribution in [0.5, 0.6) is 0 Å². The van der Waals surface area contributed by atoms with Gasteiger partial charge in [0.05, 0.1) is 16.8 Å². The van der Waals surface area contributed by atoms with E-state index in [4.69, 9.17) is 0 Å². The molecule has 0 unspecified atom stereocenters. The van der Waals surface area contributed by atoms with E-state index < -0.39 is 0 Å². The molecule has 3 nitrogen and oxygen atoms in total. The van der Waals surface area contributed by atoms with Crippen molar-refractivity contribution in [2.24, 2.45) is 0 Å². The van der Waals surface area contributed by atoms with Crippen LogP contribution < -0.4 is 5.32 Å². The maximum absolute atomic E-state index is 4.18. The lowest BCUT2D eigenvalue weighted by atomic mass is 10.1. The van der Waals surface area contributed by atoms with Crippen LogP contribution in [0.15, 0.2) is 52.4 Å². The molecule has 3 rings (SSSR count). The lowest BCUT2D eigenvalue weighted by Gasteiger charge is -2.14. The Balaban J connectivity index is 1.70. The first kappa shape index (κ1) is 14.5. The molecule has 0 saturated heterocycles. The molecule has 0 spiro atoms. The summed E-state index contributed by atoms with van der Waals surface area (Å²) < 4.78 is 1.11. The second kappa shape index (κ2) is 6.56. The van der Waals surface area contributed by atoms with Crippen LogP contribution in [0.3, 0.4) is 0 Å². The molecule has 0 bridgehead atoms. The molecule has 2 heterocycles. The lowest BCUT2D eigenvalue weighted by molar-refractivity contribution is 0.575. The van der Waals surface area contributed by atoms with Crippen LogP contribution in [0.25, 0.3) is 10.6 Å². The molecule has 5 heteroatoms. The second-order valence-electron chi connectivity index (χ2n) is 4.91. The minimum Gasteiger partial charge on any atom is -0.306 e. The normalized spacial score (nSPS) is 12.5. The third-order valence-electron chi connectivity index (χ3n) is 3.43. The van der Waals surface area contributed by atoms with E-state index in [1.54, 1.807) is 11.3 Å². The van der Waals surface area contributed by atoms with Gasteiger partial charge in [-0.3, -0.25) is 5.10 Å². The van der Waals surface area contributed by atoms with E-state index in [0.29, 0.717) is 0 Å². The van der Waals surface area contributed by atoms with E-state index in [0.717, 1.165) is 16.7 Å². The second-order valence-corrected chi connectivity index (χ2v) is 6.77. The Morgan fingerprint density at radius 2 is 2.24 bits per heavy atom. The zero-order valence-electron chi connectivity index (χ0n) is 11.6. The van der Waals surface area contributed by atoms with Crippen molar-refractivity contribution in [3.05, 3.63) is 63.6 Å². The van der Waals surface area contributed by atoms with Crippen molar-refractivity contribution in [3.63, 3.8) is 0 Å². The topological polar surface area (TPSA) is 40.7 Å². The van der Waals surface area contributed by atoms with Crippen LogP contribution in [0.4, 0.5) is 0 Å². The summed E-state index contributed by atoms with van der Waals surface area (Å²) in [6.45, 7) is 2.96. The number of hydrogen-bond acceptors (Lipinski definition) is 3. The van der Waals surface area contributed by atoms with Gasteiger partial charge in [-0.15, -0.1) is 11.3 Å². The highest BCUT2D eigenvalue weighted by molar-refractivity contribution is 9.10. The van der Waals surface area contributed by atoms with Crippen LogP contribution in [0, 0.1) is 0 Å². The van der Waals surface area contributed by atoms with Gasteiger partial charge < -0.3 is 5.32 Å². The van der Waals surface area contributed by atoms with Crippen molar-refractivity contribution in [2.45, 2.75) is 19.5 Å².